The number of amides is 1. The molecule has 1 aromatic carbocycles. The number of nitrogens with zero attached hydrogens (tertiary/aromatic N) is 3. The summed E-state index contributed by atoms with van der Waals surface area (Å²) in [5.74, 6) is -0.290. The van der Waals surface area contributed by atoms with Gasteiger partial charge in [-0.1, -0.05) is 6.07 Å². The van der Waals surface area contributed by atoms with Gasteiger partial charge in [-0.3, -0.25) is 4.65 Å². The van der Waals surface area contributed by atoms with Crippen LogP contribution in [0.15, 0.2) is 35.7 Å². The first-order valence-corrected chi connectivity index (χ1v) is 10.2. The van der Waals surface area contributed by atoms with Crippen molar-refractivity contribution in [3.63, 3.8) is 0 Å². The summed E-state index contributed by atoms with van der Waals surface area (Å²) in [6.07, 6.45) is 1.74. The van der Waals surface area contributed by atoms with Gasteiger partial charge in [0.2, 0.25) is 5.88 Å². The Kier molecular flexibility index (Phi) is 4.38. The molecule has 5 rings (SSSR count). The molecule has 0 radical (unpaired) electrons. The van der Waals surface area contributed by atoms with Crippen molar-refractivity contribution in [3.05, 3.63) is 63.1 Å². The number of aryl methyl sites for hydroxylation is 1. The number of ether oxygens (including phenoxy) is 2. The van der Waals surface area contributed by atoms with E-state index < -0.39 is 16.5 Å². The zero-order valence-electron chi connectivity index (χ0n) is 17.6. The maximum Gasteiger partial charge on any atom is 0.349 e. The number of likely N-dealkylation sites (N-methyl/N-ethyl adjacent to an activating group) is 1. The number of rotatable bonds is 3. The van der Waals surface area contributed by atoms with E-state index in [1.165, 1.54) is 13.1 Å². The number of quaternary nitrogens is 1. The lowest BCUT2D eigenvalue weighted by Crippen LogP contribution is -2.51. The fraction of sp³-hybridized carbons (Fsp3) is 0.348. The van der Waals surface area contributed by atoms with Crippen molar-refractivity contribution >= 4 is 17.3 Å². The number of pyridine rings is 1. The minimum Gasteiger partial charge on any atom is -0.620 e. The summed E-state index contributed by atoms with van der Waals surface area (Å²) in [4.78, 5) is 17.9. The van der Waals surface area contributed by atoms with Crippen LogP contribution >= 0.6 is 0 Å². The molecule has 1 saturated heterocycles. The second kappa shape index (κ2) is 6.89. The van der Waals surface area contributed by atoms with E-state index in [1.807, 2.05) is 13.8 Å². The number of nitrogens with one attached hydrogen (secondary N) is 1. The molecular formula is C23H22N4O4. The van der Waals surface area contributed by atoms with Crippen LogP contribution in [0.4, 0.5) is 11.4 Å². The molecule has 158 valence electrons. The normalized spacial score (nSPS) is 24.4. The van der Waals surface area contributed by atoms with Crippen molar-refractivity contribution in [2.75, 3.05) is 32.2 Å². The van der Waals surface area contributed by atoms with Gasteiger partial charge in [0.15, 0.2) is 0 Å². The molecule has 3 aliphatic rings. The molecule has 3 aliphatic heterocycles. The van der Waals surface area contributed by atoms with Crippen LogP contribution < -0.4 is 14.7 Å². The molecule has 0 aliphatic carbocycles. The third-order valence-electron chi connectivity index (χ3n) is 6.27. The summed E-state index contributed by atoms with van der Waals surface area (Å²) in [6, 6.07) is 7.03. The van der Waals surface area contributed by atoms with Crippen molar-refractivity contribution in [2.45, 2.75) is 19.8 Å². The number of fused-ring (bicyclic) bond motifs is 5. The first-order chi connectivity index (χ1) is 14.8. The van der Waals surface area contributed by atoms with Gasteiger partial charge >= 0.3 is 5.91 Å². The first kappa shape index (κ1) is 19.7. The van der Waals surface area contributed by atoms with Gasteiger partial charge in [-0.25, -0.2) is 9.78 Å². The van der Waals surface area contributed by atoms with Gasteiger partial charge in [-0.2, -0.15) is 5.26 Å². The van der Waals surface area contributed by atoms with Crippen molar-refractivity contribution in [1.82, 2.24) is 9.63 Å². The van der Waals surface area contributed by atoms with Gasteiger partial charge in [-0.05, 0) is 25.5 Å². The molecule has 1 amide bonds. The van der Waals surface area contributed by atoms with Gasteiger partial charge in [0.1, 0.15) is 5.69 Å². The van der Waals surface area contributed by atoms with Gasteiger partial charge in [0, 0.05) is 29.4 Å². The lowest BCUT2D eigenvalue weighted by molar-refractivity contribution is -0.123. The second-order valence-electron chi connectivity index (χ2n) is 8.46. The lowest BCUT2D eigenvalue weighted by atomic mass is 9.76. The summed E-state index contributed by atoms with van der Waals surface area (Å²) in [5.41, 5.74) is 4.87. The monoisotopic (exact) mass is 418 g/mol. The van der Waals surface area contributed by atoms with Crippen LogP contribution in [-0.4, -0.2) is 37.8 Å². The summed E-state index contributed by atoms with van der Waals surface area (Å²) >= 11 is 0. The molecule has 2 atom stereocenters. The third kappa shape index (κ3) is 2.86. The van der Waals surface area contributed by atoms with E-state index in [2.05, 4.69) is 16.4 Å². The number of anilines is 1. The molecule has 8 nitrogen and oxygen atoms in total. The van der Waals surface area contributed by atoms with Crippen LogP contribution in [0.3, 0.4) is 0 Å². The number of carbonyl (C=O) groups excluding carboxylic acids is 1. The van der Waals surface area contributed by atoms with E-state index in [9.17, 15) is 15.3 Å². The first-order valence-electron chi connectivity index (χ1n) is 10.2. The number of hydrogen-bond acceptors (Lipinski definition) is 7. The summed E-state index contributed by atoms with van der Waals surface area (Å²) < 4.78 is 10.1. The van der Waals surface area contributed by atoms with Crippen molar-refractivity contribution < 1.29 is 14.3 Å². The minimum atomic E-state index is -1.19. The zero-order chi connectivity index (χ0) is 21.9. The van der Waals surface area contributed by atoms with Crippen LogP contribution in [0.25, 0.3) is 0 Å². The highest BCUT2D eigenvalue weighted by atomic mass is 16.6. The number of nitriles is 1. The topological polar surface area (TPSA) is 107 Å². The highest BCUT2D eigenvalue weighted by molar-refractivity contribution is 6.09. The van der Waals surface area contributed by atoms with Crippen molar-refractivity contribution in [1.29, 1.82) is 5.26 Å². The highest BCUT2D eigenvalue weighted by Crippen LogP contribution is 2.53. The van der Waals surface area contributed by atoms with E-state index in [4.69, 9.17) is 9.47 Å². The van der Waals surface area contributed by atoms with Gasteiger partial charge < -0.3 is 20.0 Å². The number of hydrogen-bond donors (Lipinski definition) is 1. The Labute approximate surface area is 179 Å². The molecule has 1 aromatic heterocycles. The fourth-order valence-electron chi connectivity index (χ4n) is 4.51. The van der Waals surface area contributed by atoms with Crippen molar-refractivity contribution in [3.8, 4) is 11.9 Å². The van der Waals surface area contributed by atoms with Crippen LogP contribution in [0, 0.1) is 29.4 Å². The van der Waals surface area contributed by atoms with Gasteiger partial charge in [0.25, 0.3) is 0 Å². The molecule has 0 bridgehead atoms. The fourth-order valence-corrected chi connectivity index (χ4v) is 4.51. The predicted octanol–water partition coefficient (Wildman–Crippen LogP) is 3.09. The van der Waals surface area contributed by atoms with E-state index >= 15 is 0 Å². The number of carbonyl (C=O) groups is 1. The molecule has 4 heterocycles. The molecule has 2 aromatic rings. The maximum atomic E-state index is 13.4. The molecule has 0 saturated carbocycles. The minimum absolute atomic E-state index is 0.276. The van der Waals surface area contributed by atoms with E-state index in [-0.39, 0.29) is 5.69 Å². The SMILES string of the molecule is CC1=C2C(=O)[N+](C)([O-])c3cc(C#N)ccc3[C@H]2c2c(OCC3COC3)ncc(C)c2N1. The Hall–Kier alpha value is -3.25. The summed E-state index contributed by atoms with van der Waals surface area (Å²) in [7, 11) is 1.32. The standard InChI is InChI=1S/C23H22N4O4/c1-12-8-25-22(31-11-15-9-30-10-15)20-19-16-5-4-14(7-24)6-17(16)27(3,29)23(28)18(19)13(2)26-21(12)20/h4-6,8,15,19,26H,9-11H2,1-3H3/t19-,27?/m1/s1. The second-order valence-corrected chi connectivity index (χ2v) is 8.46. The smallest absolute Gasteiger partial charge is 0.349 e. The molecule has 31 heavy (non-hydrogen) atoms. The average molecular weight is 418 g/mol. The maximum absolute atomic E-state index is 13.4. The Morgan fingerprint density at radius 3 is 2.84 bits per heavy atom. The van der Waals surface area contributed by atoms with Crippen molar-refractivity contribution in [2.24, 2.45) is 5.92 Å². The number of benzene rings is 1. The summed E-state index contributed by atoms with van der Waals surface area (Å²) in [6.45, 7) is 5.54. The highest BCUT2D eigenvalue weighted by Gasteiger charge is 2.48. The number of allylic oxidation sites excluding steroid dienone is 1. The van der Waals surface area contributed by atoms with E-state index in [0.717, 1.165) is 16.8 Å². The Bertz CT molecular complexity index is 1190. The van der Waals surface area contributed by atoms with E-state index in [0.29, 0.717) is 54.0 Å². The Morgan fingerprint density at radius 1 is 1.39 bits per heavy atom. The zero-order valence-corrected chi connectivity index (χ0v) is 17.6. The quantitative estimate of drug-likeness (QED) is 0.603. The molecule has 8 heteroatoms. The summed E-state index contributed by atoms with van der Waals surface area (Å²) in [5, 5.41) is 26.1. The largest absolute Gasteiger partial charge is 0.620 e. The van der Waals surface area contributed by atoms with Crippen LogP contribution in [0.2, 0.25) is 0 Å². The molecule has 1 fully saturated rings. The van der Waals surface area contributed by atoms with Crippen LogP contribution in [0.1, 0.15) is 35.1 Å². The van der Waals surface area contributed by atoms with Gasteiger partial charge in [-0.15, -0.1) is 0 Å². The molecule has 1 N–H and O–H groups in total. The predicted molar refractivity (Wildman–Crippen MR) is 114 cm³/mol. The molecule has 1 unspecified atom stereocenters. The average Bonchev–Trinajstić information content (AvgIpc) is 2.72. The third-order valence-corrected chi connectivity index (χ3v) is 6.27. The molecule has 0 spiro atoms. The molecular weight excluding hydrogens is 396 g/mol. The van der Waals surface area contributed by atoms with Crippen LogP contribution in [-0.2, 0) is 9.53 Å². The van der Waals surface area contributed by atoms with Gasteiger partial charge in [0.05, 0.1) is 61.2 Å². The Balaban J connectivity index is 1.73. The number of hydroxylamine groups is 2. The lowest BCUT2D eigenvalue weighted by Gasteiger charge is -2.45. The Morgan fingerprint density at radius 2 is 2.16 bits per heavy atom. The number of aromatic nitrogens is 1. The van der Waals surface area contributed by atoms with E-state index in [1.54, 1.807) is 18.3 Å². The van der Waals surface area contributed by atoms with Crippen LogP contribution in [0.5, 0.6) is 5.88 Å².